The zero-order chi connectivity index (χ0) is 7.56. The molecule has 0 aromatic rings. The number of nitrogens with zero attached hydrogens (tertiary/aromatic N) is 1. The zero-order valence-electron chi connectivity index (χ0n) is 6.09. The van der Waals surface area contributed by atoms with Gasteiger partial charge in [0.15, 0.2) is 0 Å². The van der Waals surface area contributed by atoms with E-state index in [2.05, 4.69) is 0 Å². The number of amides is 1. The molecule has 0 atom stereocenters. The van der Waals surface area contributed by atoms with Crippen LogP contribution in [0.5, 0.6) is 0 Å². The van der Waals surface area contributed by atoms with E-state index in [0.717, 1.165) is 6.54 Å². The SMILES string of the molecule is CCN1CCC(=O)CC1=O. The van der Waals surface area contributed by atoms with Gasteiger partial charge in [0.25, 0.3) is 0 Å². The maximum Gasteiger partial charge on any atom is 0.230 e. The predicted octanol–water partition coefficient (Wildman–Crippen LogP) is 0.198. The molecule has 1 rings (SSSR count). The van der Waals surface area contributed by atoms with Crippen LogP contribution in [-0.2, 0) is 9.59 Å². The van der Waals surface area contributed by atoms with Crippen molar-refractivity contribution in [2.24, 2.45) is 0 Å². The van der Waals surface area contributed by atoms with Gasteiger partial charge < -0.3 is 4.90 Å². The van der Waals surface area contributed by atoms with E-state index < -0.39 is 0 Å². The first-order valence-corrected chi connectivity index (χ1v) is 3.53. The molecule has 1 saturated heterocycles. The number of ketones is 1. The van der Waals surface area contributed by atoms with Gasteiger partial charge in [-0.15, -0.1) is 0 Å². The quantitative estimate of drug-likeness (QED) is 0.489. The lowest BCUT2D eigenvalue weighted by molar-refractivity contribution is -0.139. The van der Waals surface area contributed by atoms with Gasteiger partial charge in [0.1, 0.15) is 5.78 Å². The average Bonchev–Trinajstić information content (AvgIpc) is 1.88. The fraction of sp³-hybridized carbons (Fsp3) is 0.714. The Bertz CT molecular complexity index is 165. The molecule has 0 aliphatic carbocycles. The van der Waals surface area contributed by atoms with Crippen LogP contribution in [0.25, 0.3) is 0 Å². The first-order chi connectivity index (χ1) is 4.74. The standard InChI is InChI=1S/C7H11NO2/c1-2-8-4-3-6(9)5-7(8)10/h2-5H2,1H3. The van der Waals surface area contributed by atoms with Crippen molar-refractivity contribution in [1.29, 1.82) is 0 Å². The lowest BCUT2D eigenvalue weighted by Crippen LogP contribution is -2.38. The summed E-state index contributed by atoms with van der Waals surface area (Å²) in [6, 6.07) is 0. The van der Waals surface area contributed by atoms with Crippen LogP contribution >= 0.6 is 0 Å². The van der Waals surface area contributed by atoms with Crippen LogP contribution in [0.15, 0.2) is 0 Å². The molecule has 10 heavy (non-hydrogen) atoms. The van der Waals surface area contributed by atoms with Crippen LogP contribution in [0.1, 0.15) is 19.8 Å². The van der Waals surface area contributed by atoms with E-state index in [1.54, 1.807) is 4.90 Å². The predicted molar refractivity (Wildman–Crippen MR) is 36.5 cm³/mol. The summed E-state index contributed by atoms with van der Waals surface area (Å²) in [6.45, 7) is 3.27. The van der Waals surface area contributed by atoms with Gasteiger partial charge in [-0.2, -0.15) is 0 Å². The Morgan fingerprint density at radius 1 is 1.50 bits per heavy atom. The number of carbonyl (C=O) groups excluding carboxylic acids is 2. The van der Waals surface area contributed by atoms with Crippen LogP contribution in [0.3, 0.4) is 0 Å². The number of Topliss-reactive ketones (excluding diaryl/α,β-unsaturated/α-hetero) is 1. The van der Waals surface area contributed by atoms with Crippen LogP contribution in [-0.4, -0.2) is 29.7 Å². The minimum atomic E-state index is -0.0150. The Morgan fingerprint density at radius 2 is 2.20 bits per heavy atom. The summed E-state index contributed by atoms with van der Waals surface area (Å²) in [5.74, 6) is 0.0634. The first kappa shape index (κ1) is 7.25. The van der Waals surface area contributed by atoms with Crippen LogP contribution in [0, 0.1) is 0 Å². The van der Waals surface area contributed by atoms with Gasteiger partial charge in [0, 0.05) is 19.5 Å². The molecule has 1 amide bonds. The molecule has 0 spiro atoms. The largest absolute Gasteiger partial charge is 0.342 e. The minimum Gasteiger partial charge on any atom is -0.342 e. The van der Waals surface area contributed by atoms with Gasteiger partial charge in [-0.25, -0.2) is 0 Å². The Labute approximate surface area is 60.0 Å². The van der Waals surface area contributed by atoms with Gasteiger partial charge >= 0.3 is 0 Å². The summed E-state index contributed by atoms with van der Waals surface area (Å²) in [7, 11) is 0. The molecule has 0 saturated carbocycles. The Hall–Kier alpha value is -0.860. The highest BCUT2D eigenvalue weighted by Crippen LogP contribution is 2.05. The lowest BCUT2D eigenvalue weighted by atomic mass is 10.1. The number of hydrogen-bond acceptors (Lipinski definition) is 2. The van der Waals surface area contributed by atoms with Crippen molar-refractivity contribution in [1.82, 2.24) is 4.90 Å². The van der Waals surface area contributed by atoms with E-state index in [9.17, 15) is 9.59 Å². The van der Waals surface area contributed by atoms with Crippen molar-refractivity contribution in [3.63, 3.8) is 0 Å². The molecule has 0 unspecified atom stereocenters. The van der Waals surface area contributed by atoms with Crippen LogP contribution < -0.4 is 0 Å². The molecular formula is C7H11NO2. The van der Waals surface area contributed by atoms with Crippen molar-refractivity contribution in [3.05, 3.63) is 0 Å². The topological polar surface area (TPSA) is 37.4 Å². The molecule has 0 aromatic heterocycles. The zero-order valence-corrected chi connectivity index (χ0v) is 6.09. The van der Waals surface area contributed by atoms with E-state index in [0.29, 0.717) is 13.0 Å². The average molecular weight is 141 g/mol. The lowest BCUT2D eigenvalue weighted by Gasteiger charge is -2.23. The Kier molecular flexibility index (Phi) is 2.04. The highest BCUT2D eigenvalue weighted by atomic mass is 16.2. The molecule has 0 radical (unpaired) electrons. The third-order valence-electron chi connectivity index (χ3n) is 1.74. The molecule has 0 N–H and O–H groups in total. The van der Waals surface area contributed by atoms with Gasteiger partial charge in [0.05, 0.1) is 6.42 Å². The van der Waals surface area contributed by atoms with Gasteiger partial charge in [0.2, 0.25) is 5.91 Å². The number of piperidine rings is 1. The first-order valence-electron chi connectivity index (χ1n) is 3.53. The summed E-state index contributed by atoms with van der Waals surface area (Å²) in [4.78, 5) is 23.3. The molecule has 1 heterocycles. The smallest absolute Gasteiger partial charge is 0.230 e. The molecule has 3 heteroatoms. The normalized spacial score (nSPS) is 19.9. The van der Waals surface area contributed by atoms with Crippen molar-refractivity contribution >= 4 is 11.7 Å². The monoisotopic (exact) mass is 141 g/mol. The van der Waals surface area contributed by atoms with Crippen molar-refractivity contribution in [3.8, 4) is 0 Å². The summed E-state index contributed by atoms with van der Waals surface area (Å²) < 4.78 is 0. The molecule has 1 fully saturated rings. The van der Waals surface area contributed by atoms with E-state index in [-0.39, 0.29) is 18.1 Å². The Balaban J connectivity index is 2.51. The highest BCUT2D eigenvalue weighted by Gasteiger charge is 2.21. The number of rotatable bonds is 1. The van der Waals surface area contributed by atoms with Crippen LogP contribution in [0.2, 0.25) is 0 Å². The number of hydrogen-bond donors (Lipinski definition) is 0. The highest BCUT2D eigenvalue weighted by molar-refractivity contribution is 6.00. The summed E-state index contributed by atoms with van der Waals surface area (Å²) >= 11 is 0. The molecule has 0 bridgehead atoms. The second-order valence-corrected chi connectivity index (χ2v) is 2.44. The molecule has 0 aromatic carbocycles. The van der Waals surface area contributed by atoms with E-state index in [1.807, 2.05) is 6.92 Å². The van der Waals surface area contributed by atoms with Crippen molar-refractivity contribution in [2.45, 2.75) is 19.8 Å². The summed E-state index contributed by atoms with van der Waals surface area (Å²) in [6.07, 6.45) is 0.660. The summed E-state index contributed by atoms with van der Waals surface area (Å²) in [5.41, 5.74) is 0. The van der Waals surface area contributed by atoms with Gasteiger partial charge in [-0.1, -0.05) is 0 Å². The van der Waals surface area contributed by atoms with E-state index in [4.69, 9.17) is 0 Å². The minimum absolute atomic E-state index is 0.0150. The maximum absolute atomic E-state index is 10.9. The maximum atomic E-state index is 10.9. The second kappa shape index (κ2) is 2.82. The number of carbonyl (C=O) groups is 2. The number of likely N-dealkylation sites (tertiary alicyclic amines) is 1. The van der Waals surface area contributed by atoms with Crippen molar-refractivity contribution in [2.75, 3.05) is 13.1 Å². The molecular weight excluding hydrogens is 130 g/mol. The van der Waals surface area contributed by atoms with Gasteiger partial charge in [-0.05, 0) is 6.92 Å². The van der Waals surface area contributed by atoms with Gasteiger partial charge in [-0.3, -0.25) is 9.59 Å². The third-order valence-corrected chi connectivity index (χ3v) is 1.74. The third kappa shape index (κ3) is 1.35. The molecule has 1 aliphatic rings. The van der Waals surface area contributed by atoms with E-state index in [1.165, 1.54) is 0 Å². The van der Waals surface area contributed by atoms with Crippen LogP contribution in [0.4, 0.5) is 0 Å². The second-order valence-electron chi connectivity index (χ2n) is 2.44. The Morgan fingerprint density at radius 3 is 2.70 bits per heavy atom. The van der Waals surface area contributed by atoms with E-state index >= 15 is 0 Å². The molecule has 56 valence electrons. The van der Waals surface area contributed by atoms with Crippen molar-refractivity contribution < 1.29 is 9.59 Å². The molecule has 3 nitrogen and oxygen atoms in total. The molecule has 1 aliphatic heterocycles. The fourth-order valence-electron chi connectivity index (χ4n) is 1.09. The fourth-order valence-corrected chi connectivity index (χ4v) is 1.09. The summed E-state index contributed by atoms with van der Waals surface area (Å²) in [5, 5.41) is 0.